The number of primary amides is 1. The van der Waals surface area contributed by atoms with Gasteiger partial charge in [0, 0.05) is 30.4 Å². The molecule has 0 saturated carbocycles. The van der Waals surface area contributed by atoms with Gasteiger partial charge >= 0.3 is 0 Å². The number of benzene rings is 1. The molecule has 29 heavy (non-hydrogen) atoms. The molecular weight excluding hydrogens is 368 g/mol. The van der Waals surface area contributed by atoms with Crippen LogP contribution in [0.4, 0.5) is 0 Å². The van der Waals surface area contributed by atoms with E-state index in [0.29, 0.717) is 18.5 Å². The van der Waals surface area contributed by atoms with E-state index in [2.05, 4.69) is 10.3 Å². The molecule has 0 fully saturated rings. The van der Waals surface area contributed by atoms with Gasteiger partial charge in [-0.25, -0.2) is 0 Å². The first kappa shape index (κ1) is 20.0. The number of hydrogen-bond acceptors (Lipinski definition) is 4. The zero-order valence-corrected chi connectivity index (χ0v) is 16.2. The molecule has 0 aliphatic carbocycles. The number of pyridine rings is 2. The zero-order valence-electron chi connectivity index (χ0n) is 16.2. The second-order valence-electron chi connectivity index (χ2n) is 6.50. The van der Waals surface area contributed by atoms with Crippen LogP contribution in [0.1, 0.15) is 16.1 Å². The number of nitrogens with zero attached hydrogens (tertiary/aromatic N) is 2. The average Bonchev–Trinajstić information content (AvgIpc) is 2.74. The van der Waals surface area contributed by atoms with Gasteiger partial charge in [0.2, 0.25) is 6.54 Å². The third-order valence-electron chi connectivity index (χ3n) is 4.38. The Morgan fingerprint density at radius 3 is 2.55 bits per heavy atom. The molecule has 0 spiro atoms. The second-order valence-corrected chi connectivity index (χ2v) is 6.50. The minimum Gasteiger partial charge on any atom is -0.497 e. The standard InChI is InChI=1S/C22H22N4O3/c1-29-20-7-5-16(6-8-20)17-12-18(22(23)28)14-26(13-17)15-21(27)25-11-9-19-4-2-3-10-24-19/h2-8,10,12-14H,9,11,15H2,1H3,(H2-,23,25,27,28)/p+1. The molecule has 2 heterocycles. The van der Waals surface area contributed by atoms with E-state index in [1.807, 2.05) is 48.7 Å². The lowest BCUT2D eigenvalue weighted by Gasteiger charge is -2.06. The van der Waals surface area contributed by atoms with Crippen LogP contribution in [-0.2, 0) is 17.8 Å². The summed E-state index contributed by atoms with van der Waals surface area (Å²) in [5, 5.41) is 2.87. The van der Waals surface area contributed by atoms with Crippen LogP contribution in [0.3, 0.4) is 0 Å². The number of nitrogens with one attached hydrogen (secondary N) is 1. The van der Waals surface area contributed by atoms with E-state index in [1.165, 1.54) is 0 Å². The summed E-state index contributed by atoms with van der Waals surface area (Å²) in [5.41, 5.74) is 8.39. The number of rotatable bonds is 8. The third kappa shape index (κ3) is 5.62. The summed E-state index contributed by atoms with van der Waals surface area (Å²) in [6.07, 6.45) is 5.76. The van der Waals surface area contributed by atoms with Gasteiger partial charge in [-0.3, -0.25) is 14.6 Å². The highest BCUT2D eigenvalue weighted by Crippen LogP contribution is 2.22. The highest BCUT2D eigenvalue weighted by atomic mass is 16.5. The van der Waals surface area contributed by atoms with Crippen molar-refractivity contribution >= 4 is 11.8 Å². The molecular formula is C22H23N4O3+. The minimum atomic E-state index is -0.551. The molecule has 148 valence electrons. The number of carbonyl (C=O) groups excluding carboxylic acids is 2. The molecule has 3 aromatic rings. The first-order valence-electron chi connectivity index (χ1n) is 9.20. The van der Waals surface area contributed by atoms with Gasteiger partial charge in [0.25, 0.3) is 11.8 Å². The lowest BCUT2D eigenvalue weighted by molar-refractivity contribution is -0.684. The van der Waals surface area contributed by atoms with E-state index < -0.39 is 5.91 Å². The number of carbonyl (C=O) groups is 2. The number of nitrogens with two attached hydrogens (primary N) is 1. The van der Waals surface area contributed by atoms with E-state index in [9.17, 15) is 9.59 Å². The molecule has 7 nitrogen and oxygen atoms in total. The van der Waals surface area contributed by atoms with Crippen molar-refractivity contribution in [3.63, 3.8) is 0 Å². The summed E-state index contributed by atoms with van der Waals surface area (Å²) in [7, 11) is 1.60. The summed E-state index contributed by atoms with van der Waals surface area (Å²) in [5.74, 6) is 0.0258. The Bertz CT molecular complexity index is 989. The molecule has 0 unspecified atom stereocenters. The SMILES string of the molecule is COc1ccc(-c2cc(C(N)=O)c[n+](CC(=O)NCCc3ccccn3)c2)cc1. The van der Waals surface area contributed by atoms with E-state index in [0.717, 1.165) is 22.6 Å². The lowest BCUT2D eigenvalue weighted by Crippen LogP contribution is -2.44. The molecule has 0 aliphatic rings. The molecule has 0 aliphatic heterocycles. The monoisotopic (exact) mass is 391 g/mol. The first-order valence-corrected chi connectivity index (χ1v) is 9.20. The number of hydrogen-bond donors (Lipinski definition) is 2. The summed E-state index contributed by atoms with van der Waals surface area (Å²) < 4.78 is 6.84. The molecule has 0 bridgehead atoms. The van der Waals surface area contributed by atoms with Gasteiger partial charge in [0.15, 0.2) is 12.4 Å². The predicted octanol–water partition coefficient (Wildman–Crippen LogP) is 1.50. The molecule has 1 aromatic carbocycles. The number of aromatic nitrogens is 2. The molecule has 0 saturated heterocycles. The smallest absolute Gasteiger partial charge is 0.286 e. The largest absolute Gasteiger partial charge is 0.497 e. The van der Waals surface area contributed by atoms with E-state index in [4.69, 9.17) is 10.5 Å². The van der Waals surface area contributed by atoms with Crippen molar-refractivity contribution in [2.24, 2.45) is 5.73 Å². The Morgan fingerprint density at radius 2 is 1.90 bits per heavy atom. The van der Waals surface area contributed by atoms with Crippen LogP contribution in [0.2, 0.25) is 0 Å². The van der Waals surface area contributed by atoms with Crippen LogP contribution in [0.5, 0.6) is 5.75 Å². The molecule has 0 radical (unpaired) electrons. The van der Waals surface area contributed by atoms with Crippen molar-refractivity contribution < 1.29 is 18.9 Å². The van der Waals surface area contributed by atoms with Gasteiger partial charge in [-0.15, -0.1) is 0 Å². The van der Waals surface area contributed by atoms with Crippen LogP contribution in [0, 0.1) is 0 Å². The topological polar surface area (TPSA) is 98.2 Å². The van der Waals surface area contributed by atoms with Gasteiger partial charge in [-0.2, -0.15) is 4.57 Å². The lowest BCUT2D eigenvalue weighted by atomic mass is 10.1. The Kier molecular flexibility index (Phi) is 6.52. The summed E-state index contributed by atoms with van der Waals surface area (Å²) in [6, 6.07) is 14.8. The van der Waals surface area contributed by atoms with Crippen molar-refractivity contribution in [3.8, 4) is 16.9 Å². The fraction of sp³-hybridized carbons (Fsp3) is 0.182. The number of amides is 2. The highest BCUT2D eigenvalue weighted by Gasteiger charge is 2.16. The Morgan fingerprint density at radius 1 is 1.10 bits per heavy atom. The Hall–Kier alpha value is -3.74. The summed E-state index contributed by atoms with van der Waals surface area (Å²) >= 11 is 0. The third-order valence-corrected chi connectivity index (χ3v) is 4.38. The molecule has 3 N–H and O–H groups in total. The van der Waals surface area contributed by atoms with Crippen LogP contribution in [-0.4, -0.2) is 30.5 Å². The van der Waals surface area contributed by atoms with E-state index >= 15 is 0 Å². The number of methoxy groups -OCH3 is 1. The van der Waals surface area contributed by atoms with Crippen molar-refractivity contribution in [2.45, 2.75) is 13.0 Å². The Balaban J connectivity index is 1.71. The van der Waals surface area contributed by atoms with Gasteiger partial charge in [-0.1, -0.05) is 18.2 Å². The van der Waals surface area contributed by atoms with Crippen LogP contribution in [0.25, 0.3) is 11.1 Å². The zero-order chi connectivity index (χ0) is 20.6. The average molecular weight is 391 g/mol. The maximum absolute atomic E-state index is 12.3. The normalized spacial score (nSPS) is 10.4. The van der Waals surface area contributed by atoms with Crippen molar-refractivity contribution in [1.82, 2.24) is 10.3 Å². The van der Waals surface area contributed by atoms with Crippen LogP contribution < -0.4 is 20.4 Å². The fourth-order valence-electron chi connectivity index (χ4n) is 2.90. The first-order chi connectivity index (χ1) is 14.0. The number of ether oxygens (including phenoxy) is 1. The molecule has 2 amide bonds. The van der Waals surface area contributed by atoms with Crippen LogP contribution >= 0.6 is 0 Å². The maximum Gasteiger partial charge on any atom is 0.286 e. The molecule has 3 rings (SSSR count). The maximum atomic E-state index is 12.3. The predicted molar refractivity (Wildman–Crippen MR) is 108 cm³/mol. The summed E-state index contributed by atoms with van der Waals surface area (Å²) in [4.78, 5) is 28.3. The van der Waals surface area contributed by atoms with Crippen molar-refractivity contribution in [3.05, 3.63) is 78.4 Å². The van der Waals surface area contributed by atoms with E-state index in [1.54, 1.807) is 30.1 Å². The van der Waals surface area contributed by atoms with E-state index in [-0.39, 0.29) is 12.5 Å². The highest BCUT2D eigenvalue weighted by molar-refractivity contribution is 5.93. The summed E-state index contributed by atoms with van der Waals surface area (Å²) in [6.45, 7) is 0.559. The fourth-order valence-corrected chi connectivity index (χ4v) is 2.90. The quantitative estimate of drug-likeness (QED) is 0.569. The molecule has 7 heteroatoms. The Labute approximate surface area is 169 Å². The van der Waals surface area contributed by atoms with Gasteiger partial charge in [-0.05, 0) is 35.9 Å². The van der Waals surface area contributed by atoms with Gasteiger partial charge in [0.1, 0.15) is 11.3 Å². The molecule has 0 atom stereocenters. The molecule has 2 aromatic heterocycles. The van der Waals surface area contributed by atoms with Crippen molar-refractivity contribution in [1.29, 1.82) is 0 Å². The van der Waals surface area contributed by atoms with Crippen molar-refractivity contribution in [2.75, 3.05) is 13.7 Å². The minimum absolute atomic E-state index is 0.0759. The second kappa shape index (κ2) is 9.45. The van der Waals surface area contributed by atoms with Gasteiger partial charge < -0.3 is 15.8 Å². The van der Waals surface area contributed by atoms with Gasteiger partial charge in [0.05, 0.1) is 7.11 Å². The van der Waals surface area contributed by atoms with Crippen LogP contribution in [0.15, 0.2) is 67.1 Å².